The molecule has 6 nitrogen and oxygen atoms in total. The summed E-state index contributed by atoms with van der Waals surface area (Å²) in [6.07, 6.45) is -0.873. The number of rotatable bonds is 4. The fourth-order valence-electron chi connectivity index (χ4n) is 1.93. The molecule has 1 aromatic carbocycles. The Morgan fingerprint density at radius 1 is 1.21 bits per heavy atom. The van der Waals surface area contributed by atoms with Gasteiger partial charge in [-0.3, -0.25) is 4.79 Å². The number of hydrogen-bond acceptors (Lipinski definition) is 5. The highest BCUT2D eigenvalue weighted by molar-refractivity contribution is 6.00. The van der Waals surface area contributed by atoms with Crippen LogP contribution in [0.1, 0.15) is 18.4 Å². The van der Waals surface area contributed by atoms with Crippen molar-refractivity contribution in [2.45, 2.75) is 18.9 Å². The number of carboxylic acid groups (broad SMARTS) is 1. The molecular weight excluding hydrogens is 252 g/mol. The second-order valence-electron chi connectivity index (χ2n) is 4.14. The predicted octanol–water partition coefficient (Wildman–Crippen LogP) is 1.45. The van der Waals surface area contributed by atoms with Gasteiger partial charge in [0.05, 0.1) is 0 Å². The lowest BCUT2D eigenvalue weighted by atomic mass is 9.97. The van der Waals surface area contributed by atoms with E-state index in [2.05, 4.69) is 0 Å². The molecule has 6 heteroatoms. The number of aliphatic hydroxyl groups is 1. The molecule has 0 fully saturated rings. The highest BCUT2D eigenvalue weighted by atomic mass is 16.6. The van der Waals surface area contributed by atoms with E-state index in [1.54, 1.807) is 0 Å². The van der Waals surface area contributed by atoms with Crippen LogP contribution in [-0.2, 0) is 14.3 Å². The van der Waals surface area contributed by atoms with E-state index in [4.69, 9.17) is 9.84 Å². The summed E-state index contributed by atoms with van der Waals surface area (Å²) in [5, 5.41) is 27.6. The highest BCUT2D eigenvalue weighted by Crippen LogP contribution is 2.33. The smallest absolute Gasteiger partial charge is 0.374 e. The van der Waals surface area contributed by atoms with E-state index in [1.165, 1.54) is 24.3 Å². The Hall–Kier alpha value is -2.50. The molecule has 0 bridgehead atoms. The molecule has 0 unspecified atom stereocenters. The monoisotopic (exact) mass is 264 g/mol. The van der Waals surface area contributed by atoms with Crippen LogP contribution in [0.3, 0.4) is 0 Å². The van der Waals surface area contributed by atoms with Crippen molar-refractivity contribution in [2.75, 3.05) is 0 Å². The molecule has 100 valence electrons. The zero-order valence-corrected chi connectivity index (χ0v) is 9.87. The number of cyclic esters (lactones) is 1. The number of aliphatic hydroxyl groups excluding tert-OH is 1. The van der Waals surface area contributed by atoms with Gasteiger partial charge in [0.25, 0.3) is 0 Å². The van der Waals surface area contributed by atoms with Crippen LogP contribution in [-0.4, -0.2) is 33.4 Å². The largest absolute Gasteiger partial charge is 0.508 e. The maximum atomic E-state index is 11.4. The van der Waals surface area contributed by atoms with Crippen molar-refractivity contribution in [2.24, 2.45) is 0 Å². The Balaban J connectivity index is 2.29. The SMILES string of the molecule is O=C(O)CC[C@H]1OC(=O)C(O)=C1c1ccc(O)cc1. The summed E-state index contributed by atoms with van der Waals surface area (Å²) in [5.41, 5.74) is 0.766. The summed E-state index contributed by atoms with van der Waals surface area (Å²) in [7, 11) is 0. The van der Waals surface area contributed by atoms with Gasteiger partial charge in [-0.05, 0) is 24.1 Å². The second-order valence-corrected chi connectivity index (χ2v) is 4.14. The zero-order valence-electron chi connectivity index (χ0n) is 9.87. The minimum atomic E-state index is -1.01. The number of carboxylic acids is 1. The quantitative estimate of drug-likeness (QED) is 0.711. The third-order valence-electron chi connectivity index (χ3n) is 2.82. The van der Waals surface area contributed by atoms with E-state index < -0.39 is 23.8 Å². The van der Waals surface area contributed by atoms with Crippen molar-refractivity contribution in [3.63, 3.8) is 0 Å². The Morgan fingerprint density at radius 3 is 2.42 bits per heavy atom. The zero-order chi connectivity index (χ0) is 14.0. The summed E-state index contributed by atoms with van der Waals surface area (Å²) >= 11 is 0. The van der Waals surface area contributed by atoms with Crippen LogP contribution in [0.25, 0.3) is 5.57 Å². The lowest BCUT2D eigenvalue weighted by molar-refractivity contribution is -0.144. The Labute approximate surface area is 108 Å². The fraction of sp³-hybridized carbons (Fsp3) is 0.231. The summed E-state index contributed by atoms with van der Waals surface area (Å²) in [6.45, 7) is 0. The number of benzene rings is 1. The van der Waals surface area contributed by atoms with Gasteiger partial charge in [-0.1, -0.05) is 12.1 Å². The molecule has 1 aliphatic heterocycles. The molecule has 1 aliphatic rings. The van der Waals surface area contributed by atoms with Crippen LogP contribution >= 0.6 is 0 Å². The van der Waals surface area contributed by atoms with Crippen LogP contribution < -0.4 is 0 Å². The van der Waals surface area contributed by atoms with Gasteiger partial charge in [0.15, 0.2) is 0 Å². The average molecular weight is 264 g/mol. The third-order valence-corrected chi connectivity index (χ3v) is 2.82. The minimum absolute atomic E-state index is 0.0520. The molecule has 3 N–H and O–H groups in total. The first kappa shape index (κ1) is 12.9. The first-order valence-corrected chi connectivity index (χ1v) is 5.64. The molecule has 0 saturated heterocycles. The maximum Gasteiger partial charge on any atom is 0.374 e. The predicted molar refractivity (Wildman–Crippen MR) is 64.4 cm³/mol. The third kappa shape index (κ3) is 2.67. The summed E-state index contributed by atoms with van der Waals surface area (Å²) in [6, 6.07) is 5.87. The Bertz CT molecular complexity index is 543. The standard InChI is InChI=1S/C13H12O6/c14-8-3-1-7(2-4-8)11-9(5-6-10(15)16)19-13(18)12(11)17/h1-4,9,14,17H,5-6H2,(H,15,16)/t9-/m1/s1. The van der Waals surface area contributed by atoms with Gasteiger partial charge in [0.2, 0.25) is 5.76 Å². The molecule has 0 aromatic heterocycles. The number of ether oxygens (including phenoxy) is 1. The molecule has 0 amide bonds. The molecular formula is C13H12O6. The molecule has 2 rings (SSSR count). The lowest BCUT2D eigenvalue weighted by Crippen LogP contribution is -2.13. The van der Waals surface area contributed by atoms with Gasteiger partial charge >= 0.3 is 11.9 Å². The molecule has 19 heavy (non-hydrogen) atoms. The molecule has 0 radical (unpaired) electrons. The number of phenols is 1. The van der Waals surface area contributed by atoms with Crippen molar-refractivity contribution < 1.29 is 29.6 Å². The van der Waals surface area contributed by atoms with E-state index in [-0.39, 0.29) is 24.2 Å². The van der Waals surface area contributed by atoms with Gasteiger partial charge in [0, 0.05) is 12.0 Å². The number of aliphatic carboxylic acids is 1. The molecule has 0 aliphatic carbocycles. The van der Waals surface area contributed by atoms with Gasteiger partial charge in [-0.25, -0.2) is 4.79 Å². The number of esters is 1. The molecule has 1 atom stereocenters. The average Bonchev–Trinajstić information content (AvgIpc) is 2.64. The van der Waals surface area contributed by atoms with Crippen LogP contribution in [0.4, 0.5) is 0 Å². The van der Waals surface area contributed by atoms with Gasteiger partial charge in [-0.15, -0.1) is 0 Å². The number of aromatic hydroxyl groups is 1. The summed E-state index contributed by atoms with van der Waals surface area (Å²) < 4.78 is 4.93. The molecule has 1 aromatic rings. The number of phenolic OH excluding ortho intramolecular Hbond substituents is 1. The van der Waals surface area contributed by atoms with Crippen molar-refractivity contribution in [1.29, 1.82) is 0 Å². The Kier molecular flexibility index (Phi) is 3.41. The van der Waals surface area contributed by atoms with Gasteiger partial charge in [-0.2, -0.15) is 0 Å². The fourth-order valence-corrected chi connectivity index (χ4v) is 1.93. The second kappa shape index (κ2) is 5.01. The van der Waals surface area contributed by atoms with Gasteiger partial charge in [0.1, 0.15) is 11.9 Å². The topological polar surface area (TPSA) is 104 Å². The maximum absolute atomic E-state index is 11.4. The van der Waals surface area contributed by atoms with Crippen molar-refractivity contribution >= 4 is 17.5 Å². The first-order valence-electron chi connectivity index (χ1n) is 5.64. The van der Waals surface area contributed by atoms with Crippen molar-refractivity contribution in [1.82, 2.24) is 0 Å². The van der Waals surface area contributed by atoms with Crippen LogP contribution in [0.2, 0.25) is 0 Å². The number of carbonyl (C=O) groups is 2. The van der Waals surface area contributed by atoms with Crippen molar-refractivity contribution in [3.05, 3.63) is 35.6 Å². The van der Waals surface area contributed by atoms with Crippen molar-refractivity contribution in [3.8, 4) is 5.75 Å². The van der Waals surface area contributed by atoms with E-state index >= 15 is 0 Å². The Morgan fingerprint density at radius 2 is 1.84 bits per heavy atom. The lowest BCUT2D eigenvalue weighted by Gasteiger charge is -2.12. The number of hydrogen-bond donors (Lipinski definition) is 3. The number of carbonyl (C=O) groups excluding carboxylic acids is 1. The summed E-state index contributed by atoms with van der Waals surface area (Å²) in [4.78, 5) is 21.9. The highest BCUT2D eigenvalue weighted by Gasteiger charge is 2.35. The van der Waals surface area contributed by atoms with E-state index in [0.29, 0.717) is 5.56 Å². The minimum Gasteiger partial charge on any atom is -0.508 e. The molecule has 1 heterocycles. The van der Waals surface area contributed by atoms with Crippen LogP contribution in [0.15, 0.2) is 30.0 Å². The van der Waals surface area contributed by atoms with Crippen LogP contribution in [0, 0.1) is 0 Å². The van der Waals surface area contributed by atoms with E-state index in [9.17, 15) is 19.8 Å². The van der Waals surface area contributed by atoms with Crippen LogP contribution in [0.5, 0.6) is 5.75 Å². The summed E-state index contributed by atoms with van der Waals surface area (Å²) in [5.74, 6) is -2.33. The molecule has 0 saturated carbocycles. The molecule has 0 spiro atoms. The van der Waals surface area contributed by atoms with E-state index in [1.807, 2.05) is 0 Å². The first-order chi connectivity index (χ1) is 8.99. The van der Waals surface area contributed by atoms with E-state index in [0.717, 1.165) is 0 Å². The normalized spacial score (nSPS) is 18.5. The van der Waals surface area contributed by atoms with Gasteiger partial charge < -0.3 is 20.1 Å².